The van der Waals surface area contributed by atoms with E-state index in [1.807, 2.05) is 38.3 Å². The van der Waals surface area contributed by atoms with Gasteiger partial charge in [-0.1, -0.05) is 6.07 Å². The second kappa shape index (κ2) is 8.80. The van der Waals surface area contributed by atoms with Crippen molar-refractivity contribution in [3.05, 3.63) is 57.3 Å². The Bertz CT molecular complexity index is 933. The predicted octanol–water partition coefficient (Wildman–Crippen LogP) is 3.91. The number of aliphatic hydroxyl groups excluding tert-OH is 1. The number of rotatable bonds is 7. The molecule has 29 heavy (non-hydrogen) atoms. The minimum absolute atomic E-state index is 0.0260. The Morgan fingerprint density at radius 2 is 2.03 bits per heavy atom. The van der Waals surface area contributed by atoms with Gasteiger partial charge in [-0.25, -0.2) is 0 Å². The molecule has 0 saturated carbocycles. The van der Waals surface area contributed by atoms with Crippen LogP contribution in [0.2, 0.25) is 0 Å². The van der Waals surface area contributed by atoms with Gasteiger partial charge in [0, 0.05) is 24.1 Å². The Kier molecular flexibility index (Phi) is 6.39. The summed E-state index contributed by atoms with van der Waals surface area (Å²) >= 11 is 1.44. The molecule has 154 valence electrons. The van der Waals surface area contributed by atoms with Gasteiger partial charge in [0.2, 0.25) is 0 Å². The zero-order valence-electron chi connectivity index (χ0n) is 17.0. The third-order valence-electron chi connectivity index (χ3n) is 4.70. The molecule has 1 atom stereocenters. The summed E-state index contributed by atoms with van der Waals surface area (Å²) in [6, 6.07) is 8.33. The van der Waals surface area contributed by atoms with Crippen molar-refractivity contribution in [2.24, 2.45) is 0 Å². The maximum absolute atomic E-state index is 12.8. The number of aliphatic hydroxyl groups is 1. The zero-order valence-corrected chi connectivity index (χ0v) is 17.8. The molecular formula is C22H25NO5S. The standard InChI is InChI=1S/C22H25NO5S/c1-13(2)28-16-8-7-15(12-14(16)3)20(24)18-19(17-6-5-11-29-17)23(9-10-27-4)22(26)21(18)25/h5-8,11-13,19,24H,9-10H2,1-4H3/b20-18+/t19-/m1/s1. The smallest absolute Gasteiger partial charge is 0.295 e. The first kappa shape index (κ1) is 21.1. The van der Waals surface area contributed by atoms with Crippen LogP contribution in [0.4, 0.5) is 0 Å². The number of nitrogens with zero attached hydrogens (tertiary/aromatic N) is 1. The Hall–Kier alpha value is -2.64. The van der Waals surface area contributed by atoms with Crippen molar-refractivity contribution in [2.75, 3.05) is 20.3 Å². The molecule has 1 fully saturated rings. The average molecular weight is 416 g/mol. The normalized spacial score (nSPS) is 18.7. The van der Waals surface area contributed by atoms with Crippen molar-refractivity contribution < 1.29 is 24.2 Å². The van der Waals surface area contributed by atoms with E-state index in [4.69, 9.17) is 9.47 Å². The van der Waals surface area contributed by atoms with E-state index in [0.29, 0.717) is 17.9 Å². The van der Waals surface area contributed by atoms with Crippen LogP contribution in [0.5, 0.6) is 5.75 Å². The lowest BCUT2D eigenvalue weighted by Crippen LogP contribution is -2.32. The van der Waals surface area contributed by atoms with E-state index in [1.165, 1.54) is 16.2 Å². The summed E-state index contributed by atoms with van der Waals surface area (Å²) in [6.07, 6.45) is 0.0260. The molecule has 1 saturated heterocycles. The van der Waals surface area contributed by atoms with Gasteiger partial charge in [0.05, 0.1) is 24.3 Å². The van der Waals surface area contributed by atoms with Gasteiger partial charge in [-0.05, 0) is 56.0 Å². The molecule has 1 N–H and O–H groups in total. The van der Waals surface area contributed by atoms with Crippen molar-refractivity contribution in [1.29, 1.82) is 0 Å². The number of likely N-dealkylation sites (tertiary alicyclic amines) is 1. The van der Waals surface area contributed by atoms with E-state index >= 15 is 0 Å². The fourth-order valence-electron chi connectivity index (χ4n) is 3.38. The minimum atomic E-state index is -0.683. The average Bonchev–Trinajstić information content (AvgIpc) is 3.29. The topological polar surface area (TPSA) is 76.1 Å². The van der Waals surface area contributed by atoms with Crippen LogP contribution in [0, 0.1) is 6.92 Å². The molecular weight excluding hydrogens is 390 g/mol. The SMILES string of the molecule is COCCN1C(=O)C(=O)/C(=C(/O)c2ccc(OC(C)C)c(C)c2)[C@H]1c1cccs1. The highest BCUT2D eigenvalue weighted by atomic mass is 32.1. The van der Waals surface area contributed by atoms with Crippen LogP contribution in [0.15, 0.2) is 41.3 Å². The highest BCUT2D eigenvalue weighted by Gasteiger charge is 2.46. The highest BCUT2D eigenvalue weighted by Crippen LogP contribution is 2.41. The Morgan fingerprint density at radius 3 is 2.62 bits per heavy atom. The van der Waals surface area contributed by atoms with Gasteiger partial charge in [0.15, 0.2) is 0 Å². The first-order valence-electron chi connectivity index (χ1n) is 9.43. The molecule has 0 unspecified atom stereocenters. The number of carbonyl (C=O) groups is 2. The van der Waals surface area contributed by atoms with Crippen LogP contribution >= 0.6 is 11.3 Å². The largest absolute Gasteiger partial charge is 0.507 e. The van der Waals surface area contributed by atoms with Crippen LogP contribution in [-0.4, -0.2) is 48.1 Å². The second-order valence-electron chi connectivity index (χ2n) is 7.15. The summed E-state index contributed by atoms with van der Waals surface area (Å²) in [5, 5.41) is 12.9. The third kappa shape index (κ3) is 4.21. The summed E-state index contributed by atoms with van der Waals surface area (Å²) in [6.45, 7) is 6.32. The number of carbonyl (C=O) groups excluding carboxylic acids is 2. The monoisotopic (exact) mass is 415 g/mol. The molecule has 1 aliphatic rings. The van der Waals surface area contributed by atoms with E-state index in [2.05, 4.69) is 0 Å². The van der Waals surface area contributed by atoms with Gasteiger partial charge in [-0.3, -0.25) is 9.59 Å². The molecule has 0 aliphatic carbocycles. The Morgan fingerprint density at radius 1 is 1.28 bits per heavy atom. The molecule has 3 rings (SSSR count). The predicted molar refractivity (Wildman–Crippen MR) is 112 cm³/mol. The molecule has 6 nitrogen and oxygen atoms in total. The number of methoxy groups -OCH3 is 1. The lowest BCUT2D eigenvalue weighted by atomic mass is 9.98. The van der Waals surface area contributed by atoms with Gasteiger partial charge >= 0.3 is 0 Å². The summed E-state index contributed by atoms with van der Waals surface area (Å²) < 4.78 is 10.8. The maximum Gasteiger partial charge on any atom is 0.295 e. The number of aryl methyl sites for hydroxylation is 1. The number of ketones is 1. The molecule has 2 heterocycles. The van der Waals surface area contributed by atoms with E-state index in [9.17, 15) is 14.7 Å². The van der Waals surface area contributed by atoms with Gasteiger partial charge < -0.3 is 19.5 Å². The third-order valence-corrected chi connectivity index (χ3v) is 5.62. The quantitative estimate of drug-likeness (QED) is 0.422. The van der Waals surface area contributed by atoms with Gasteiger partial charge in [0.1, 0.15) is 11.5 Å². The Balaban J connectivity index is 2.07. The molecule has 0 radical (unpaired) electrons. The van der Waals surface area contributed by atoms with Gasteiger partial charge in [0.25, 0.3) is 11.7 Å². The molecule has 1 aromatic carbocycles. The molecule has 1 amide bonds. The van der Waals surface area contributed by atoms with Crippen LogP contribution in [0.3, 0.4) is 0 Å². The number of hydrogen-bond donors (Lipinski definition) is 1. The van der Waals surface area contributed by atoms with Crippen molar-refractivity contribution >= 4 is 28.8 Å². The van der Waals surface area contributed by atoms with E-state index in [0.717, 1.165) is 10.4 Å². The van der Waals surface area contributed by atoms with Gasteiger partial charge in [-0.15, -0.1) is 11.3 Å². The second-order valence-corrected chi connectivity index (χ2v) is 8.13. The van der Waals surface area contributed by atoms with Crippen molar-refractivity contribution in [2.45, 2.75) is 32.9 Å². The summed E-state index contributed by atoms with van der Waals surface area (Å²) in [7, 11) is 1.54. The number of thiophene rings is 1. The molecule has 1 aliphatic heterocycles. The summed E-state index contributed by atoms with van der Waals surface area (Å²) in [4.78, 5) is 27.8. The number of amides is 1. The highest BCUT2D eigenvalue weighted by molar-refractivity contribution is 7.10. The minimum Gasteiger partial charge on any atom is -0.507 e. The number of Topliss-reactive ketones (excluding diaryl/α,β-unsaturated/α-hetero) is 1. The first-order chi connectivity index (χ1) is 13.8. The van der Waals surface area contributed by atoms with E-state index < -0.39 is 17.7 Å². The van der Waals surface area contributed by atoms with Crippen LogP contribution in [0.1, 0.15) is 35.9 Å². The molecule has 0 spiro atoms. The summed E-state index contributed by atoms with van der Waals surface area (Å²) in [5.74, 6) is -0.775. The molecule has 2 aromatic rings. The lowest BCUT2D eigenvalue weighted by Gasteiger charge is -2.23. The zero-order chi connectivity index (χ0) is 21.1. The van der Waals surface area contributed by atoms with E-state index in [1.54, 1.807) is 25.3 Å². The number of ether oxygens (including phenoxy) is 2. The fourth-order valence-corrected chi connectivity index (χ4v) is 4.23. The fraction of sp³-hybridized carbons (Fsp3) is 0.364. The van der Waals surface area contributed by atoms with Crippen LogP contribution in [0.25, 0.3) is 5.76 Å². The van der Waals surface area contributed by atoms with Crippen LogP contribution < -0.4 is 4.74 Å². The van der Waals surface area contributed by atoms with E-state index in [-0.39, 0.29) is 24.0 Å². The molecule has 0 bridgehead atoms. The van der Waals surface area contributed by atoms with Gasteiger partial charge in [-0.2, -0.15) is 0 Å². The summed E-state index contributed by atoms with van der Waals surface area (Å²) in [5.41, 5.74) is 1.42. The van der Waals surface area contributed by atoms with Crippen molar-refractivity contribution in [3.63, 3.8) is 0 Å². The van der Waals surface area contributed by atoms with Crippen LogP contribution in [-0.2, 0) is 14.3 Å². The van der Waals surface area contributed by atoms with Crippen molar-refractivity contribution in [3.8, 4) is 5.75 Å². The van der Waals surface area contributed by atoms with Crippen molar-refractivity contribution in [1.82, 2.24) is 4.90 Å². The number of hydrogen-bond acceptors (Lipinski definition) is 6. The number of benzene rings is 1. The molecule has 1 aromatic heterocycles. The Labute approximate surface area is 174 Å². The first-order valence-corrected chi connectivity index (χ1v) is 10.3. The maximum atomic E-state index is 12.8. The molecule has 7 heteroatoms. The lowest BCUT2D eigenvalue weighted by molar-refractivity contribution is -0.140.